The largest absolute Gasteiger partial charge is 0.496 e. The molecule has 7 nitrogen and oxygen atoms in total. The molecule has 0 heterocycles. The first-order chi connectivity index (χ1) is 7.90. The maximum absolute atomic E-state index is 11.7. The van der Waals surface area contributed by atoms with Crippen LogP contribution in [0.3, 0.4) is 0 Å². The Balaban J connectivity index is 3.29. The predicted octanol–water partition coefficient (Wildman–Crippen LogP) is 1.45. The van der Waals surface area contributed by atoms with E-state index >= 15 is 0 Å². The summed E-state index contributed by atoms with van der Waals surface area (Å²) in [6, 6.07) is 3.40. The molecule has 1 unspecified atom stereocenters. The van der Waals surface area contributed by atoms with Gasteiger partial charge in [-0.05, 0) is 13.0 Å². The van der Waals surface area contributed by atoms with Crippen molar-refractivity contribution in [3.8, 4) is 5.75 Å². The lowest BCUT2D eigenvalue weighted by Crippen LogP contribution is -2.09. The molecule has 0 radical (unpaired) electrons. The highest BCUT2D eigenvalue weighted by atomic mass is 31.2. The van der Waals surface area contributed by atoms with Crippen molar-refractivity contribution in [2.45, 2.75) is 6.92 Å². The molecule has 0 aliphatic rings. The van der Waals surface area contributed by atoms with Gasteiger partial charge in [-0.3, -0.25) is 14.7 Å². The van der Waals surface area contributed by atoms with E-state index < -0.39 is 12.5 Å². The van der Waals surface area contributed by atoms with E-state index in [1.165, 1.54) is 13.2 Å². The fourth-order valence-electron chi connectivity index (χ4n) is 1.20. The van der Waals surface area contributed by atoms with Gasteiger partial charge in [-0.25, -0.2) is 0 Å². The van der Waals surface area contributed by atoms with E-state index in [9.17, 15) is 19.6 Å². The summed E-state index contributed by atoms with van der Waals surface area (Å²) in [5, 5.41) is 10.5. The van der Waals surface area contributed by atoms with Crippen LogP contribution in [0.2, 0.25) is 0 Å². The number of rotatable bonds is 5. The van der Waals surface area contributed by atoms with Crippen molar-refractivity contribution in [3.63, 3.8) is 0 Å². The minimum absolute atomic E-state index is 0.0266. The molecular weight excluding hydrogens is 249 g/mol. The second-order valence-electron chi connectivity index (χ2n) is 3.08. The Morgan fingerprint density at radius 3 is 2.59 bits per heavy atom. The number of benzene rings is 1. The van der Waals surface area contributed by atoms with Crippen molar-refractivity contribution in [3.05, 3.63) is 28.3 Å². The fourth-order valence-corrected chi connectivity index (χ4v) is 2.29. The maximum Gasteiger partial charge on any atom is 0.359 e. The normalized spacial score (nSPS) is 14.1. The molecule has 94 valence electrons. The van der Waals surface area contributed by atoms with E-state index in [-0.39, 0.29) is 23.3 Å². The molecule has 1 atom stereocenters. The van der Waals surface area contributed by atoms with Crippen molar-refractivity contribution in [1.29, 1.82) is 0 Å². The Kier molecular flexibility index (Phi) is 4.22. The zero-order valence-corrected chi connectivity index (χ0v) is 10.2. The molecule has 1 rings (SSSR count). The molecule has 0 aliphatic carbocycles. The molecule has 0 saturated carbocycles. The summed E-state index contributed by atoms with van der Waals surface area (Å²) in [6.45, 7) is 1.58. The molecule has 17 heavy (non-hydrogen) atoms. The Bertz CT molecular complexity index is 475. The molecule has 8 heteroatoms. The van der Waals surface area contributed by atoms with Gasteiger partial charge in [0.1, 0.15) is 5.75 Å². The van der Waals surface area contributed by atoms with Gasteiger partial charge in [-0.15, -0.1) is 0 Å². The lowest BCUT2D eigenvalue weighted by molar-refractivity contribution is -0.384. The monoisotopic (exact) mass is 261 g/mol. The minimum Gasteiger partial charge on any atom is -0.496 e. The summed E-state index contributed by atoms with van der Waals surface area (Å²) in [7, 11) is -2.72. The van der Waals surface area contributed by atoms with Crippen LogP contribution < -0.4 is 10.0 Å². The highest BCUT2D eigenvalue weighted by Crippen LogP contribution is 2.42. The van der Waals surface area contributed by atoms with Gasteiger partial charge in [0.2, 0.25) is 0 Å². The molecule has 0 amide bonds. The van der Waals surface area contributed by atoms with Gasteiger partial charge in [0, 0.05) is 6.07 Å². The van der Waals surface area contributed by atoms with Gasteiger partial charge in [-0.2, -0.15) is 0 Å². The number of ether oxygens (including phenoxy) is 1. The fraction of sp³-hybridized carbons (Fsp3) is 0.333. The van der Waals surface area contributed by atoms with E-state index in [4.69, 9.17) is 4.74 Å². The van der Waals surface area contributed by atoms with E-state index in [1.807, 2.05) is 0 Å². The Morgan fingerprint density at radius 2 is 2.12 bits per heavy atom. The summed E-state index contributed by atoms with van der Waals surface area (Å²) in [6.07, 6.45) is 0. The summed E-state index contributed by atoms with van der Waals surface area (Å²) in [4.78, 5) is 19.5. The minimum atomic E-state index is -4.04. The van der Waals surface area contributed by atoms with Crippen LogP contribution >= 0.6 is 7.60 Å². The van der Waals surface area contributed by atoms with Crippen LogP contribution in [0.25, 0.3) is 0 Å². The van der Waals surface area contributed by atoms with Gasteiger partial charge in [0.25, 0.3) is 5.69 Å². The van der Waals surface area contributed by atoms with E-state index in [2.05, 4.69) is 4.52 Å². The van der Waals surface area contributed by atoms with Crippen molar-refractivity contribution < 1.29 is 23.6 Å². The first kappa shape index (κ1) is 13.6. The van der Waals surface area contributed by atoms with Crippen LogP contribution in [0, 0.1) is 10.1 Å². The zero-order valence-electron chi connectivity index (χ0n) is 9.32. The van der Waals surface area contributed by atoms with Gasteiger partial charge in [0.05, 0.1) is 30.0 Å². The molecule has 0 fully saturated rings. The van der Waals surface area contributed by atoms with E-state index in [0.29, 0.717) is 0 Å². The average Bonchev–Trinajstić information content (AvgIpc) is 2.28. The van der Waals surface area contributed by atoms with Crippen LogP contribution in [0.4, 0.5) is 5.69 Å². The third-order valence-electron chi connectivity index (χ3n) is 1.95. The van der Waals surface area contributed by atoms with Crippen LogP contribution in [-0.2, 0) is 9.09 Å². The first-order valence-electron chi connectivity index (χ1n) is 4.72. The quantitative estimate of drug-likeness (QED) is 0.489. The van der Waals surface area contributed by atoms with Crippen LogP contribution in [0.1, 0.15) is 6.92 Å². The number of non-ortho nitro benzene ring substituents is 1. The van der Waals surface area contributed by atoms with Gasteiger partial charge in [0.15, 0.2) is 0 Å². The Hall–Kier alpha value is -1.43. The molecule has 0 spiro atoms. The number of methoxy groups -OCH3 is 1. The Morgan fingerprint density at radius 1 is 1.47 bits per heavy atom. The maximum atomic E-state index is 11.7. The van der Waals surface area contributed by atoms with Gasteiger partial charge >= 0.3 is 7.60 Å². The number of hydrogen-bond acceptors (Lipinski definition) is 5. The topological polar surface area (TPSA) is 98.9 Å². The third-order valence-corrected chi connectivity index (χ3v) is 3.47. The SMILES string of the molecule is CCOP(=O)(O)c1cc(OC)cc([N+](=O)[O-])c1. The summed E-state index contributed by atoms with van der Waals surface area (Å²) >= 11 is 0. The highest BCUT2D eigenvalue weighted by Gasteiger charge is 2.25. The predicted molar refractivity (Wildman–Crippen MR) is 60.7 cm³/mol. The average molecular weight is 261 g/mol. The second-order valence-corrected chi connectivity index (χ2v) is 4.90. The van der Waals surface area contributed by atoms with Crippen LogP contribution in [0.15, 0.2) is 18.2 Å². The number of hydrogen-bond donors (Lipinski definition) is 1. The molecule has 1 N–H and O–H groups in total. The van der Waals surface area contributed by atoms with Crippen LogP contribution in [0.5, 0.6) is 5.75 Å². The molecule has 0 saturated heterocycles. The van der Waals surface area contributed by atoms with Crippen molar-refractivity contribution in [2.24, 2.45) is 0 Å². The molecule has 0 bridgehead atoms. The summed E-state index contributed by atoms with van der Waals surface area (Å²) in [5.41, 5.74) is -0.326. The van der Waals surface area contributed by atoms with E-state index in [1.54, 1.807) is 6.92 Å². The number of nitro benzene ring substituents is 1. The molecular formula is C9H12NO6P. The smallest absolute Gasteiger partial charge is 0.359 e. The van der Waals surface area contributed by atoms with Crippen LogP contribution in [-0.4, -0.2) is 23.5 Å². The lowest BCUT2D eigenvalue weighted by atomic mass is 10.3. The number of nitro groups is 1. The van der Waals surface area contributed by atoms with Gasteiger partial charge in [-0.1, -0.05) is 0 Å². The standard InChI is InChI=1S/C9H12NO6P/c1-3-16-17(13,14)9-5-7(10(11)12)4-8(6-9)15-2/h4-6H,3H2,1-2H3,(H,13,14). The third kappa shape index (κ3) is 3.26. The summed E-state index contributed by atoms with van der Waals surface area (Å²) in [5.74, 6) is 0.128. The van der Waals surface area contributed by atoms with Crippen molar-refractivity contribution in [1.82, 2.24) is 0 Å². The molecule has 1 aromatic carbocycles. The number of nitrogens with zero attached hydrogens (tertiary/aromatic N) is 1. The molecule has 1 aromatic rings. The van der Waals surface area contributed by atoms with E-state index in [0.717, 1.165) is 12.1 Å². The molecule has 0 aliphatic heterocycles. The zero-order chi connectivity index (χ0) is 13.1. The second kappa shape index (κ2) is 5.27. The first-order valence-corrected chi connectivity index (χ1v) is 6.30. The highest BCUT2D eigenvalue weighted by molar-refractivity contribution is 7.61. The van der Waals surface area contributed by atoms with Crippen molar-refractivity contribution in [2.75, 3.05) is 13.7 Å². The molecule has 0 aromatic heterocycles. The Labute approximate surface area is 97.7 Å². The summed E-state index contributed by atoms with van der Waals surface area (Å²) < 4.78 is 21.2. The van der Waals surface area contributed by atoms with Crippen molar-refractivity contribution >= 4 is 18.6 Å². The van der Waals surface area contributed by atoms with Gasteiger partial charge < -0.3 is 14.2 Å². The lowest BCUT2D eigenvalue weighted by Gasteiger charge is -2.11.